The van der Waals surface area contributed by atoms with Gasteiger partial charge in [-0.15, -0.1) is 0 Å². The van der Waals surface area contributed by atoms with Crippen molar-refractivity contribution in [3.05, 3.63) is 65.2 Å². The molecule has 0 atom stereocenters. The number of ketones is 1. The lowest BCUT2D eigenvalue weighted by Crippen LogP contribution is -2.49. The van der Waals surface area contributed by atoms with Gasteiger partial charge in [0.1, 0.15) is 0 Å². The Labute approximate surface area is 197 Å². The van der Waals surface area contributed by atoms with Gasteiger partial charge >= 0.3 is 0 Å². The number of hydrogen-bond donors (Lipinski definition) is 0. The minimum Gasteiger partial charge on any atom is -0.303 e. The molecule has 33 heavy (non-hydrogen) atoms. The Kier molecular flexibility index (Phi) is 6.88. The summed E-state index contributed by atoms with van der Waals surface area (Å²) in [6.45, 7) is 6.63. The number of hydrogen-bond acceptors (Lipinski definition) is 4. The fourth-order valence-electron chi connectivity index (χ4n) is 5.64. The SMILES string of the molecule is O=C1C(=O)N(CCN2CCN(CCc3ccccc3)CC2)c2ccc(C3CCCCC3)cc21. The third-order valence-corrected chi connectivity index (χ3v) is 7.74. The van der Waals surface area contributed by atoms with Gasteiger partial charge in [0.2, 0.25) is 0 Å². The minimum absolute atomic E-state index is 0.326. The highest BCUT2D eigenvalue weighted by Gasteiger charge is 2.36. The Morgan fingerprint density at radius 3 is 2.18 bits per heavy atom. The second kappa shape index (κ2) is 10.2. The van der Waals surface area contributed by atoms with E-state index in [4.69, 9.17) is 0 Å². The maximum atomic E-state index is 12.7. The van der Waals surface area contributed by atoms with Crippen molar-refractivity contribution < 1.29 is 9.59 Å². The maximum absolute atomic E-state index is 12.7. The number of benzene rings is 2. The molecule has 1 saturated heterocycles. The van der Waals surface area contributed by atoms with Crippen molar-refractivity contribution in [2.75, 3.05) is 50.7 Å². The molecule has 1 saturated carbocycles. The van der Waals surface area contributed by atoms with Crippen LogP contribution in [0.25, 0.3) is 0 Å². The summed E-state index contributed by atoms with van der Waals surface area (Å²) in [6.07, 6.45) is 7.32. The first-order valence-corrected chi connectivity index (χ1v) is 12.7. The number of anilines is 1. The molecule has 0 radical (unpaired) electrons. The Hall–Kier alpha value is -2.50. The second-order valence-corrected chi connectivity index (χ2v) is 9.82. The van der Waals surface area contributed by atoms with E-state index in [0.717, 1.165) is 51.4 Å². The van der Waals surface area contributed by atoms with Crippen molar-refractivity contribution in [2.24, 2.45) is 0 Å². The Morgan fingerprint density at radius 2 is 1.45 bits per heavy atom. The molecule has 0 aromatic heterocycles. The summed E-state index contributed by atoms with van der Waals surface area (Å²) >= 11 is 0. The predicted molar refractivity (Wildman–Crippen MR) is 132 cm³/mol. The van der Waals surface area contributed by atoms with E-state index in [0.29, 0.717) is 18.0 Å². The van der Waals surface area contributed by atoms with Crippen molar-refractivity contribution in [3.63, 3.8) is 0 Å². The summed E-state index contributed by atoms with van der Waals surface area (Å²) < 4.78 is 0. The van der Waals surface area contributed by atoms with E-state index < -0.39 is 0 Å². The molecule has 5 heteroatoms. The number of carbonyl (C=O) groups is 2. The summed E-state index contributed by atoms with van der Waals surface area (Å²) in [5.41, 5.74) is 4.06. The molecule has 1 amide bonds. The van der Waals surface area contributed by atoms with Gasteiger partial charge in [0, 0.05) is 45.8 Å². The molecule has 0 bridgehead atoms. The average Bonchev–Trinajstić information content (AvgIpc) is 3.12. The standard InChI is InChI=1S/C28H35N3O2/c32-27-25-21-24(23-9-5-2-6-10-23)11-12-26(25)31(28(27)33)20-19-30-17-15-29(16-18-30)14-13-22-7-3-1-4-8-22/h1,3-4,7-8,11-12,21,23H,2,5-6,9-10,13-20H2. The lowest BCUT2D eigenvalue weighted by molar-refractivity contribution is -0.114. The third-order valence-electron chi connectivity index (χ3n) is 7.74. The summed E-state index contributed by atoms with van der Waals surface area (Å²) in [5.74, 6) is -0.139. The van der Waals surface area contributed by atoms with Crippen molar-refractivity contribution in [1.29, 1.82) is 0 Å². The molecule has 5 nitrogen and oxygen atoms in total. The highest BCUT2D eigenvalue weighted by atomic mass is 16.2. The normalized spacial score (nSPS) is 20.4. The van der Waals surface area contributed by atoms with Gasteiger partial charge in [0.15, 0.2) is 0 Å². The van der Waals surface area contributed by atoms with Gasteiger partial charge in [-0.3, -0.25) is 14.5 Å². The van der Waals surface area contributed by atoms with Gasteiger partial charge in [0.25, 0.3) is 11.7 Å². The maximum Gasteiger partial charge on any atom is 0.299 e. The number of Topliss-reactive ketones (excluding diaryl/α,β-unsaturated/α-hetero) is 1. The first kappa shape index (κ1) is 22.3. The molecule has 5 rings (SSSR count). The number of nitrogens with zero attached hydrogens (tertiary/aromatic N) is 3. The first-order chi connectivity index (χ1) is 16.2. The van der Waals surface area contributed by atoms with Gasteiger partial charge < -0.3 is 9.80 Å². The molecule has 2 fully saturated rings. The fourth-order valence-corrected chi connectivity index (χ4v) is 5.64. The molecule has 0 spiro atoms. The van der Waals surface area contributed by atoms with Crippen LogP contribution in [-0.2, 0) is 11.2 Å². The smallest absolute Gasteiger partial charge is 0.299 e. The molecule has 2 aromatic carbocycles. The van der Waals surface area contributed by atoms with Crippen molar-refractivity contribution >= 4 is 17.4 Å². The molecule has 2 heterocycles. The van der Waals surface area contributed by atoms with Crippen LogP contribution in [0.2, 0.25) is 0 Å². The molecule has 2 aromatic rings. The highest BCUT2D eigenvalue weighted by molar-refractivity contribution is 6.52. The number of fused-ring (bicyclic) bond motifs is 1. The fraction of sp³-hybridized carbons (Fsp3) is 0.500. The van der Waals surface area contributed by atoms with E-state index >= 15 is 0 Å². The van der Waals surface area contributed by atoms with Crippen LogP contribution in [0, 0.1) is 0 Å². The molecular weight excluding hydrogens is 410 g/mol. The molecule has 2 aliphatic heterocycles. The zero-order valence-corrected chi connectivity index (χ0v) is 19.5. The number of amides is 1. The highest BCUT2D eigenvalue weighted by Crippen LogP contribution is 2.37. The van der Waals surface area contributed by atoms with E-state index in [1.807, 2.05) is 12.1 Å². The van der Waals surface area contributed by atoms with E-state index in [2.05, 4.69) is 46.2 Å². The van der Waals surface area contributed by atoms with Gasteiger partial charge in [0.05, 0.1) is 11.3 Å². The van der Waals surface area contributed by atoms with Crippen LogP contribution in [0.5, 0.6) is 0 Å². The molecular formula is C28H35N3O2. The summed E-state index contributed by atoms with van der Waals surface area (Å²) in [4.78, 5) is 32.1. The summed E-state index contributed by atoms with van der Waals surface area (Å²) in [6, 6.07) is 16.8. The van der Waals surface area contributed by atoms with Crippen LogP contribution >= 0.6 is 0 Å². The molecule has 0 N–H and O–H groups in total. The Bertz CT molecular complexity index is 976. The zero-order valence-electron chi connectivity index (χ0n) is 19.5. The van der Waals surface area contributed by atoms with Gasteiger partial charge in [-0.05, 0) is 48.4 Å². The number of carbonyl (C=O) groups excluding carboxylic acids is 2. The quantitative estimate of drug-likeness (QED) is 0.602. The molecule has 1 aliphatic carbocycles. The summed E-state index contributed by atoms with van der Waals surface area (Å²) in [5, 5.41) is 0. The largest absolute Gasteiger partial charge is 0.303 e. The predicted octanol–water partition coefficient (Wildman–Crippen LogP) is 4.12. The molecule has 174 valence electrons. The van der Waals surface area contributed by atoms with E-state index in [1.165, 1.54) is 43.2 Å². The topological polar surface area (TPSA) is 43.9 Å². The Balaban J connectivity index is 1.13. The van der Waals surface area contributed by atoms with Crippen LogP contribution in [0.1, 0.15) is 59.5 Å². The lowest BCUT2D eigenvalue weighted by atomic mass is 9.83. The minimum atomic E-state index is -0.354. The Morgan fingerprint density at radius 1 is 0.758 bits per heavy atom. The zero-order chi connectivity index (χ0) is 22.6. The van der Waals surface area contributed by atoms with Crippen molar-refractivity contribution in [2.45, 2.75) is 44.4 Å². The van der Waals surface area contributed by atoms with E-state index in [9.17, 15) is 9.59 Å². The van der Waals surface area contributed by atoms with Crippen molar-refractivity contribution in [3.8, 4) is 0 Å². The van der Waals surface area contributed by atoms with Crippen molar-refractivity contribution in [1.82, 2.24) is 9.80 Å². The monoisotopic (exact) mass is 445 g/mol. The number of rotatable bonds is 7. The van der Waals surface area contributed by atoms with Crippen LogP contribution in [0.4, 0.5) is 5.69 Å². The van der Waals surface area contributed by atoms with Crippen LogP contribution in [0.15, 0.2) is 48.5 Å². The van der Waals surface area contributed by atoms with Crippen LogP contribution < -0.4 is 4.90 Å². The van der Waals surface area contributed by atoms with Gasteiger partial charge in [-0.25, -0.2) is 0 Å². The van der Waals surface area contributed by atoms with Crippen LogP contribution in [0.3, 0.4) is 0 Å². The molecule has 3 aliphatic rings. The first-order valence-electron chi connectivity index (χ1n) is 12.7. The summed E-state index contributed by atoms with van der Waals surface area (Å²) in [7, 11) is 0. The number of piperazine rings is 1. The molecule has 0 unspecified atom stereocenters. The lowest BCUT2D eigenvalue weighted by Gasteiger charge is -2.35. The van der Waals surface area contributed by atoms with Gasteiger partial charge in [-0.1, -0.05) is 55.7 Å². The van der Waals surface area contributed by atoms with E-state index in [-0.39, 0.29) is 11.7 Å². The van der Waals surface area contributed by atoms with Gasteiger partial charge in [-0.2, -0.15) is 0 Å². The second-order valence-electron chi connectivity index (χ2n) is 9.82. The van der Waals surface area contributed by atoms with Crippen LogP contribution in [-0.4, -0.2) is 67.3 Å². The van der Waals surface area contributed by atoms with E-state index in [1.54, 1.807) is 4.90 Å². The average molecular weight is 446 g/mol. The third kappa shape index (κ3) is 5.04.